The van der Waals surface area contributed by atoms with Crippen molar-refractivity contribution >= 4 is 12.0 Å². The van der Waals surface area contributed by atoms with Crippen LogP contribution in [0, 0.1) is 0 Å². The Kier molecular flexibility index (Phi) is 8.67. The summed E-state index contributed by atoms with van der Waals surface area (Å²) in [5.74, 6) is -0.133. The van der Waals surface area contributed by atoms with E-state index in [9.17, 15) is 9.59 Å². The molecule has 128 valence electrons. The van der Waals surface area contributed by atoms with Gasteiger partial charge in [-0.05, 0) is 38.2 Å². The van der Waals surface area contributed by atoms with E-state index in [1.165, 1.54) is 7.11 Å². The quantitative estimate of drug-likeness (QED) is 0.672. The van der Waals surface area contributed by atoms with Gasteiger partial charge in [0, 0.05) is 18.3 Å². The summed E-state index contributed by atoms with van der Waals surface area (Å²) >= 11 is 0. The zero-order chi connectivity index (χ0) is 17.1. The van der Waals surface area contributed by atoms with E-state index < -0.39 is 6.09 Å². The van der Waals surface area contributed by atoms with Crippen molar-refractivity contribution in [1.29, 1.82) is 0 Å². The number of methoxy groups -OCH3 is 1. The van der Waals surface area contributed by atoms with E-state index in [0.29, 0.717) is 17.8 Å². The molecule has 1 rings (SSSR count). The summed E-state index contributed by atoms with van der Waals surface area (Å²) in [6, 6.07) is 3.32. The van der Waals surface area contributed by atoms with Crippen LogP contribution >= 0.6 is 0 Å². The van der Waals surface area contributed by atoms with E-state index in [4.69, 9.17) is 0 Å². The van der Waals surface area contributed by atoms with Crippen LogP contribution in [0.5, 0.6) is 0 Å². The normalized spacial score (nSPS) is 10.4. The van der Waals surface area contributed by atoms with Crippen LogP contribution in [0.4, 0.5) is 4.79 Å². The highest BCUT2D eigenvalue weighted by atomic mass is 16.5. The molecule has 1 aromatic rings. The zero-order valence-electron chi connectivity index (χ0n) is 14.1. The summed E-state index contributed by atoms with van der Waals surface area (Å²) in [4.78, 5) is 29.6. The molecule has 7 heteroatoms. The molecule has 0 radical (unpaired) electrons. The molecule has 0 aliphatic carbocycles. The Morgan fingerprint density at radius 3 is 2.65 bits per heavy atom. The number of pyridine rings is 1. The molecule has 0 aliphatic heterocycles. The molecule has 1 aromatic heterocycles. The van der Waals surface area contributed by atoms with Gasteiger partial charge in [0.1, 0.15) is 0 Å². The van der Waals surface area contributed by atoms with Crippen molar-refractivity contribution in [2.45, 2.75) is 26.8 Å². The van der Waals surface area contributed by atoms with E-state index in [1.807, 2.05) is 0 Å². The van der Waals surface area contributed by atoms with Gasteiger partial charge in [-0.15, -0.1) is 0 Å². The Morgan fingerprint density at radius 2 is 2.00 bits per heavy atom. The van der Waals surface area contributed by atoms with Crippen molar-refractivity contribution in [3.63, 3.8) is 0 Å². The van der Waals surface area contributed by atoms with Gasteiger partial charge in [0.05, 0.1) is 19.3 Å². The second kappa shape index (κ2) is 10.6. The first kappa shape index (κ1) is 18.9. The molecule has 0 aromatic carbocycles. The van der Waals surface area contributed by atoms with Crippen LogP contribution in [-0.2, 0) is 11.3 Å². The summed E-state index contributed by atoms with van der Waals surface area (Å²) in [6.07, 6.45) is 1.94. The Morgan fingerprint density at radius 1 is 1.26 bits per heavy atom. The molecule has 23 heavy (non-hydrogen) atoms. The minimum absolute atomic E-state index is 0.133. The fourth-order valence-corrected chi connectivity index (χ4v) is 2.10. The number of rotatable bonds is 9. The van der Waals surface area contributed by atoms with Gasteiger partial charge in [-0.3, -0.25) is 9.78 Å². The maximum absolute atomic E-state index is 12.1. The van der Waals surface area contributed by atoms with Gasteiger partial charge in [0.2, 0.25) is 0 Å². The monoisotopic (exact) mass is 322 g/mol. The van der Waals surface area contributed by atoms with Gasteiger partial charge in [-0.1, -0.05) is 13.8 Å². The molecule has 0 bridgehead atoms. The minimum atomic E-state index is -0.530. The molecule has 0 saturated heterocycles. The molecular weight excluding hydrogens is 296 g/mol. The Bertz CT molecular complexity index is 504. The van der Waals surface area contributed by atoms with E-state index in [1.54, 1.807) is 18.3 Å². The van der Waals surface area contributed by atoms with E-state index in [-0.39, 0.29) is 12.5 Å². The van der Waals surface area contributed by atoms with Crippen LogP contribution in [0.15, 0.2) is 18.3 Å². The van der Waals surface area contributed by atoms with Gasteiger partial charge in [0.15, 0.2) is 0 Å². The highest BCUT2D eigenvalue weighted by Gasteiger charge is 2.08. The second-order valence-electron chi connectivity index (χ2n) is 5.02. The fourth-order valence-electron chi connectivity index (χ4n) is 2.10. The lowest BCUT2D eigenvalue weighted by Crippen LogP contribution is -2.30. The number of amides is 2. The van der Waals surface area contributed by atoms with Crippen LogP contribution in [-0.4, -0.2) is 55.2 Å². The topological polar surface area (TPSA) is 83.6 Å². The van der Waals surface area contributed by atoms with Crippen LogP contribution in [0.2, 0.25) is 0 Å². The van der Waals surface area contributed by atoms with E-state index >= 15 is 0 Å². The molecule has 2 amide bonds. The average Bonchev–Trinajstić information content (AvgIpc) is 2.59. The summed E-state index contributed by atoms with van der Waals surface area (Å²) < 4.78 is 4.49. The zero-order valence-corrected chi connectivity index (χ0v) is 14.1. The van der Waals surface area contributed by atoms with E-state index in [0.717, 1.165) is 26.1 Å². The van der Waals surface area contributed by atoms with Crippen molar-refractivity contribution < 1.29 is 14.3 Å². The number of hydrogen-bond acceptors (Lipinski definition) is 5. The first-order valence-corrected chi connectivity index (χ1v) is 7.88. The molecule has 0 spiro atoms. The maximum Gasteiger partial charge on any atom is 0.407 e. The van der Waals surface area contributed by atoms with Gasteiger partial charge in [-0.25, -0.2) is 4.79 Å². The van der Waals surface area contributed by atoms with Gasteiger partial charge in [-0.2, -0.15) is 0 Å². The molecule has 0 aliphatic rings. The lowest BCUT2D eigenvalue weighted by molar-refractivity contribution is 0.0951. The number of ether oxygens (including phenoxy) is 1. The standard InChI is InChI=1S/C16H26N4O3/c1-4-20(5-2)10-6-8-18-15(21)13-7-9-17-14(11-13)12-19-16(22)23-3/h7,9,11H,4-6,8,10,12H2,1-3H3,(H,18,21)(H,19,22). The van der Waals surface area contributed by atoms with Crippen LogP contribution in [0.1, 0.15) is 36.3 Å². The summed E-state index contributed by atoms with van der Waals surface area (Å²) in [7, 11) is 1.30. The van der Waals surface area contributed by atoms with Crippen molar-refractivity contribution in [2.75, 3.05) is 33.3 Å². The molecule has 7 nitrogen and oxygen atoms in total. The number of hydrogen-bond donors (Lipinski definition) is 2. The first-order valence-electron chi connectivity index (χ1n) is 7.88. The highest BCUT2D eigenvalue weighted by Crippen LogP contribution is 2.02. The predicted octanol–water partition coefficient (Wildman–Crippen LogP) is 1.40. The van der Waals surface area contributed by atoms with Crippen molar-refractivity contribution in [2.24, 2.45) is 0 Å². The number of nitrogens with one attached hydrogen (secondary N) is 2. The third-order valence-electron chi connectivity index (χ3n) is 3.51. The molecule has 0 unspecified atom stereocenters. The first-order chi connectivity index (χ1) is 11.1. The third kappa shape index (κ3) is 7.10. The van der Waals surface area contributed by atoms with Gasteiger partial charge < -0.3 is 20.3 Å². The average molecular weight is 322 g/mol. The largest absolute Gasteiger partial charge is 0.453 e. The number of alkyl carbamates (subject to hydrolysis) is 1. The molecule has 0 fully saturated rings. The third-order valence-corrected chi connectivity index (χ3v) is 3.51. The van der Waals surface area contributed by atoms with Crippen molar-refractivity contribution in [1.82, 2.24) is 20.5 Å². The van der Waals surface area contributed by atoms with Crippen LogP contribution < -0.4 is 10.6 Å². The highest BCUT2D eigenvalue weighted by molar-refractivity contribution is 5.94. The van der Waals surface area contributed by atoms with Gasteiger partial charge >= 0.3 is 6.09 Å². The number of nitrogens with zero attached hydrogens (tertiary/aromatic N) is 2. The summed E-state index contributed by atoms with van der Waals surface area (Å²) in [6.45, 7) is 8.11. The second-order valence-corrected chi connectivity index (χ2v) is 5.02. The van der Waals surface area contributed by atoms with Crippen LogP contribution in [0.25, 0.3) is 0 Å². The minimum Gasteiger partial charge on any atom is -0.453 e. The van der Waals surface area contributed by atoms with Crippen molar-refractivity contribution in [3.8, 4) is 0 Å². The van der Waals surface area contributed by atoms with Gasteiger partial charge in [0.25, 0.3) is 5.91 Å². The lowest BCUT2D eigenvalue weighted by Gasteiger charge is -2.17. The van der Waals surface area contributed by atoms with Crippen LogP contribution in [0.3, 0.4) is 0 Å². The fraction of sp³-hybridized carbons (Fsp3) is 0.562. The lowest BCUT2D eigenvalue weighted by atomic mass is 10.2. The number of aromatic nitrogens is 1. The Labute approximate surface area is 137 Å². The predicted molar refractivity (Wildman–Crippen MR) is 88.2 cm³/mol. The maximum atomic E-state index is 12.1. The Balaban J connectivity index is 2.42. The molecular formula is C16H26N4O3. The summed E-state index contributed by atoms with van der Waals surface area (Å²) in [5.41, 5.74) is 1.13. The SMILES string of the molecule is CCN(CC)CCCNC(=O)c1ccnc(CNC(=O)OC)c1. The molecule has 0 atom stereocenters. The van der Waals surface area contributed by atoms with Crippen molar-refractivity contribution in [3.05, 3.63) is 29.6 Å². The molecule has 1 heterocycles. The summed E-state index contributed by atoms with van der Waals surface area (Å²) in [5, 5.41) is 5.43. The smallest absolute Gasteiger partial charge is 0.407 e. The molecule has 2 N–H and O–H groups in total. The Hall–Kier alpha value is -2.15. The molecule has 0 saturated carbocycles. The van der Waals surface area contributed by atoms with E-state index in [2.05, 4.69) is 39.1 Å². The number of carbonyl (C=O) groups is 2. The number of carbonyl (C=O) groups excluding carboxylic acids is 2.